The van der Waals surface area contributed by atoms with Crippen LogP contribution in [-0.4, -0.2) is 32.6 Å². The summed E-state index contributed by atoms with van der Waals surface area (Å²) >= 11 is 6.48. The highest BCUT2D eigenvalue weighted by atomic mass is 35.5. The summed E-state index contributed by atoms with van der Waals surface area (Å²) in [5.74, 6) is 1.29. The van der Waals surface area contributed by atoms with Crippen molar-refractivity contribution in [1.82, 2.24) is 19.7 Å². The lowest BCUT2D eigenvalue weighted by molar-refractivity contribution is 0.415. The zero-order valence-electron chi connectivity index (χ0n) is 25.5. The van der Waals surface area contributed by atoms with Crippen molar-refractivity contribution in [2.45, 2.75) is 12.5 Å². The SMILES string of the molecule is COc1ccc(C2=NN(c3nc(-c4ccccc4)c4cc(Cl)ccc4n3)[C@@H](c3cn(-c4ccccc4)nc3-c3ccccc3)C2)cc1. The van der Waals surface area contributed by atoms with Gasteiger partial charge in [-0.2, -0.15) is 10.2 Å². The lowest BCUT2D eigenvalue weighted by Crippen LogP contribution is -2.21. The van der Waals surface area contributed by atoms with Gasteiger partial charge < -0.3 is 4.74 Å². The van der Waals surface area contributed by atoms with Gasteiger partial charge in [-0.3, -0.25) is 0 Å². The van der Waals surface area contributed by atoms with Crippen molar-refractivity contribution < 1.29 is 4.74 Å². The molecule has 0 radical (unpaired) electrons. The predicted molar refractivity (Wildman–Crippen MR) is 188 cm³/mol. The Morgan fingerprint density at radius 2 is 1.36 bits per heavy atom. The van der Waals surface area contributed by atoms with Crippen LogP contribution in [0.25, 0.3) is 39.1 Å². The van der Waals surface area contributed by atoms with E-state index in [1.807, 2.05) is 107 Å². The van der Waals surface area contributed by atoms with E-state index in [0.717, 1.165) is 61.7 Å². The van der Waals surface area contributed by atoms with E-state index < -0.39 is 0 Å². The number of rotatable bonds is 7. The van der Waals surface area contributed by atoms with Gasteiger partial charge in [0.15, 0.2) is 0 Å². The molecule has 1 atom stereocenters. The quantitative estimate of drug-likeness (QED) is 0.175. The van der Waals surface area contributed by atoms with Gasteiger partial charge in [0.25, 0.3) is 0 Å². The molecule has 2 aromatic heterocycles. The molecule has 228 valence electrons. The third kappa shape index (κ3) is 5.51. The molecule has 7 nitrogen and oxygen atoms in total. The number of hydrazone groups is 1. The molecule has 3 heterocycles. The first kappa shape index (κ1) is 28.7. The second-order valence-corrected chi connectivity index (χ2v) is 11.8. The molecular formula is C39H29ClN6O. The van der Waals surface area contributed by atoms with Gasteiger partial charge in [-0.1, -0.05) is 90.5 Å². The van der Waals surface area contributed by atoms with Crippen LogP contribution < -0.4 is 9.75 Å². The Bertz CT molecular complexity index is 2220. The molecule has 47 heavy (non-hydrogen) atoms. The standard InChI is InChI=1S/C39H29ClN6O/c1-47-31-20-17-26(18-21-31)35-24-36(33-25-45(30-15-9-4-10-16-30)44-38(33)28-13-7-3-8-14-28)46(43-35)39-41-34-22-19-29(40)23-32(34)37(42-39)27-11-5-2-6-12-27/h2-23,25,36H,24H2,1H3/t36-/m1/s1. The molecule has 0 aliphatic carbocycles. The van der Waals surface area contributed by atoms with Gasteiger partial charge in [0, 0.05) is 39.7 Å². The first-order chi connectivity index (χ1) is 23.1. The molecule has 7 aromatic rings. The third-order valence-electron chi connectivity index (χ3n) is 8.40. The number of aromatic nitrogens is 4. The number of hydrogen-bond acceptors (Lipinski definition) is 6. The Kier molecular flexibility index (Phi) is 7.44. The zero-order chi connectivity index (χ0) is 31.7. The normalized spacial score (nSPS) is 14.4. The maximum atomic E-state index is 6.48. The highest BCUT2D eigenvalue weighted by Gasteiger charge is 2.35. The topological polar surface area (TPSA) is 68.4 Å². The first-order valence-electron chi connectivity index (χ1n) is 15.4. The third-order valence-corrected chi connectivity index (χ3v) is 8.64. The lowest BCUT2D eigenvalue weighted by Gasteiger charge is -2.23. The van der Waals surface area contributed by atoms with Crippen molar-refractivity contribution in [3.05, 3.63) is 156 Å². The molecule has 0 saturated heterocycles. The van der Waals surface area contributed by atoms with E-state index in [0.29, 0.717) is 17.4 Å². The highest BCUT2D eigenvalue weighted by molar-refractivity contribution is 6.31. The minimum Gasteiger partial charge on any atom is -0.497 e. The van der Waals surface area contributed by atoms with Gasteiger partial charge in [-0.15, -0.1) is 0 Å². The predicted octanol–water partition coefficient (Wildman–Crippen LogP) is 9.17. The minimum absolute atomic E-state index is 0.242. The van der Waals surface area contributed by atoms with Crippen LogP contribution in [0, 0.1) is 0 Å². The van der Waals surface area contributed by atoms with Crippen LogP contribution in [0.1, 0.15) is 23.6 Å². The van der Waals surface area contributed by atoms with Crippen molar-refractivity contribution in [2.75, 3.05) is 12.1 Å². The molecule has 0 unspecified atom stereocenters. The maximum absolute atomic E-state index is 6.48. The van der Waals surface area contributed by atoms with Crippen molar-refractivity contribution in [2.24, 2.45) is 5.10 Å². The first-order valence-corrected chi connectivity index (χ1v) is 15.8. The Morgan fingerprint density at radius 1 is 0.702 bits per heavy atom. The number of fused-ring (bicyclic) bond motifs is 1. The van der Waals surface area contributed by atoms with Crippen LogP contribution in [0.3, 0.4) is 0 Å². The summed E-state index contributed by atoms with van der Waals surface area (Å²) < 4.78 is 7.38. The smallest absolute Gasteiger partial charge is 0.247 e. The second kappa shape index (κ2) is 12.2. The number of anilines is 1. The molecule has 0 bridgehead atoms. The summed E-state index contributed by atoms with van der Waals surface area (Å²) in [7, 11) is 1.67. The monoisotopic (exact) mass is 632 g/mol. The maximum Gasteiger partial charge on any atom is 0.247 e. The number of ether oxygens (including phenoxy) is 1. The molecule has 8 heteroatoms. The van der Waals surface area contributed by atoms with Gasteiger partial charge in [-0.05, 0) is 60.2 Å². The average molecular weight is 633 g/mol. The number of halogens is 1. The Labute approximate surface area is 277 Å². The minimum atomic E-state index is -0.242. The van der Waals surface area contributed by atoms with E-state index in [-0.39, 0.29) is 6.04 Å². The fourth-order valence-electron chi connectivity index (χ4n) is 6.07. The van der Waals surface area contributed by atoms with E-state index in [1.54, 1.807) is 7.11 Å². The number of methoxy groups -OCH3 is 1. The van der Waals surface area contributed by atoms with Crippen LogP contribution in [-0.2, 0) is 0 Å². The van der Waals surface area contributed by atoms with E-state index in [9.17, 15) is 0 Å². The molecule has 0 N–H and O–H groups in total. The number of para-hydroxylation sites is 1. The molecular weight excluding hydrogens is 604 g/mol. The second-order valence-electron chi connectivity index (χ2n) is 11.3. The van der Waals surface area contributed by atoms with Crippen molar-refractivity contribution >= 4 is 34.2 Å². The van der Waals surface area contributed by atoms with Crippen LogP contribution in [0.2, 0.25) is 5.02 Å². The van der Waals surface area contributed by atoms with Gasteiger partial charge >= 0.3 is 0 Å². The molecule has 0 amide bonds. The van der Waals surface area contributed by atoms with E-state index >= 15 is 0 Å². The Morgan fingerprint density at radius 3 is 2.04 bits per heavy atom. The fourth-order valence-corrected chi connectivity index (χ4v) is 6.24. The molecule has 1 aliphatic rings. The molecule has 5 aromatic carbocycles. The van der Waals surface area contributed by atoms with Crippen LogP contribution in [0.5, 0.6) is 5.75 Å². The molecule has 1 aliphatic heterocycles. The highest BCUT2D eigenvalue weighted by Crippen LogP contribution is 2.41. The summed E-state index contributed by atoms with van der Waals surface area (Å²) in [6, 6.07) is 44.1. The van der Waals surface area contributed by atoms with Crippen molar-refractivity contribution in [3.8, 4) is 34.0 Å². The Balaban J connectivity index is 1.33. The van der Waals surface area contributed by atoms with Crippen molar-refractivity contribution in [3.63, 3.8) is 0 Å². The van der Waals surface area contributed by atoms with Crippen LogP contribution >= 0.6 is 11.6 Å². The molecule has 0 fully saturated rings. The number of benzene rings is 5. The summed E-state index contributed by atoms with van der Waals surface area (Å²) in [6.07, 6.45) is 2.73. The molecule has 0 spiro atoms. The van der Waals surface area contributed by atoms with Gasteiger partial charge in [0.05, 0.1) is 41.5 Å². The van der Waals surface area contributed by atoms with Crippen LogP contribution in [0.15, 0.2) is 145 Å². The lowest BCUT2D eigenvalue weighted by atomic mass is 9.96. The van der Waals surface area contributed by atoms with E-state index in [1.165, 1.54) is 0 Å². The number of hydrogen-bond donors (Lipinski definition) is 0. The average Bonchev–Trinajstić information content (AvgIpc) is 3.78. The van der Waals surface area contributed by atoms with E-state index in [4.69, 9.17) is 36.5 Å². The molecule has 0 saturated carbocycles. The van der Waals surface area contributed by atoms with Gasteiger partial charge in [0.2, 0.25) is 5.95 Å². The van der Waals surface area contributed by atoms with Gasteiger partial charge in [0.1, 0.15) is 5.75 Å². The summed E-state index contributed by atoms with van der Waals surface area (Å²) in [6.45, 7) is 0. The van der Waals surface area contributed by atoms with Crippen molar-refractivity contribution in [1.29, 1.82) is 0 Å². The summed E-state index contributed by atoms with van der Waals surface area (Å²) in [5.41, 5.74) is 8.38. The van der Waals surface area contributed by atoms with Gasteiger partial charge in [-0.25, -0.2) is 19.7 Å². The number of nitrogens with zero attached hydrogens (tertiary/aromatic N) is 6. The molecule has 8 rings (SSSR count). The fraction of sp³-hybridized carbons (Fsp3) is 0.0769. The summed E-state index contributed by atoms with van der Waals surface area (Å²) in [5, 5.41) is 13.8. The van der Waals surface area contributed by atoms with E-state index in [2.05, 4.69) is 42.6 Å². The largest absolute Gasteiger partial charge is 0.497 e. The summed E-state index contributed by atoms with van der Waals surface area (Å²) in [4.78, 5) is 10.3. The Hall–Kier alpha value is -5.79. The zero-order valence-corrected chi connectivity index (χ0v) is 26.3. The van der Waals surface area contributed by atoms with Crippen LogP contribution in [0.4, 0.5) is 5.95 Å².